The number of carbonyl (C=O) groups is 1. The summed E-state index contributed by atoms with van der Waals surface area (Å²) in [6.07, 6.45) is 3.73. The van der Waals surface area contributed by atoms with Gasteiger partial charge in [0.2, 0.25) is 0 Å². The number of thiazole rings is 1. The van der Waals surface area contributed by atoms with E-state index in [0.717, 1.165) is 32.1 Å². The van der Waals surface area contributed by atoms with E-state index in [1.165, 1.54) is 17.4 Å². The van der Waals surface area contributed by atoms with Crippen LogP contribution in [0, 0.1) is 0 Å². The van der Waals surface area contributed by atoms with Crippen LogP contribution >= 0.6 is 11.3 Å². The number of nitrogens with zero attached hydrogens (tertiary/aromatic N) is 1. The summed E-state index contributed by atoms with van der Waals surface area (Å²) in [6, 6.07) is 4.72. The molecule has 142 valence electrons. The fourth-order valence-corrected chi connectivity index (χ4v) is 4.29. The Morgan fingerprint density at radius 2 is 2.27 bits per heavy atom. The number of fused-ring (bicyclic) bond motifs is 1. The maximum absolute atomic E-state index is 12.3. The Hall–Kier alpha value is -1.55. The molecule has 1 aromatic carbocycles. The van der Waals surface area contributed by atoms with E-state index in [9.17, 15) is 13.2 Å². The molecule has 9 heteroatoms. The van der Waals surface area contributed by atoms with Gasteiger partial charge in [-0.2, -0.15) is 0 Å². The van der Waals surface area contributed by atoms with Gasteiger partial charge in [-0.3, -0.25) is 10.1 Å². The summed E-state index contributed by atoms with van der Waals surface area (Å²) in [7, 11) is -3.28. The number of benzene rings is 1. The third kappa shape index (κ3) is 4.79. The molecule has 1 saturated heterocycles. The average molecular weight is 399 g/mol. The molecule has 3 rings (SSSR count). The Bertz CT molecular complexity index is 888. The van der Waals surface area contributed by atoms with Gasteiger partial charge >= 0.3 is 0 Å². The molecular weight excluding hydrogens is 376 g/mol. The van der Waals surface area contributed by atoms with Gasteiger partial charge in [0.25, 0.3) is 5.91 Å². The lowest BCUT2D eigenvalue weighted by molar-refractivity contribution is -0.130. The number of amides is 1. The van der Waals surface area contributed by atoms with Gasteiger partial charge in [-0.25, -0.2) is 13.4 Å². The van der Waals surface area contributed by atoms with Crippen LogP contribution in [0.4, 0.5) is 5.13 Å². The SMILES string of the molecule is CC(OCC1CCCCO1)C(=O)Nc1nc2ccc(S(C)(=O)=O)cc2s1. The van der Waals surface area contributed by atoms with Gasteiger partial charge in [-0.1, -0.05) is 11.3 Å². The zero-order chi connectivity index (χ0) is 18.7. The van der Waals surface area contributed by atoms with E-state index < -0.39 is 15.9 Å². The van der Waals surface area contributed by atoms with Crippen LogP contribution < -0.4 is 5.32 Å². The lowest BCUT2D eigenvalue weighted by atomic mass is 10.1. The lowest BCUT2D eigenvalue weighted by Crippen LogP contribution is -2.32. The molecule has 1 amide bonds. The van der Waals surface area contributed by atoms with Gasteiger partial charge in [-0.05, 0) is 44.4 Å². The standard InChI is InChI=1S/C17H22N2O5S2/c1-11(24-10-12-5-3-4-8-23-12)16(20)19-17-18-14-7-6-13(26(2,21)22)9-15(14)25-17/h6-7,9,11-12H,3-5,8,10H2,1-2H3,(H,18,19,20). The topological polar surface area (TPSA) is 94.6 Å². The van der Waals surface area contributed by atoms with Crippen molar-refractivity contribution in [3.05, 3.63) is 18.2 Å². The Morgan fingerprint density at radius 3 is 2.96 bits per heavy atom. The Kier molecular flexibility index (Phi) is 5.91. The predicted molar refractivity (Wildman–Crippen MR) is 100 cm³/mol. The number of aromatic nitrogens is 1. The van der Waals surface area contributed by atoms with E-state index in [4.69, 9.17) is 9.47 Å². The van der Waals surface area contributed by atoms with Gasteiger partial charge in [0, 0.05) is 12.9 Å². The number of nitrogens with one attached hydrogen (secondary N) is 1. The van der Waals surface area contributed by atoms with Gasteiger partial charge in [-0.15, -0.1) is 0 Å². The zero-order valence-corrected chi connectivity index (χ0v) is 16.4. The zero-order valence-electron chi connectivity index (χ0n) is 14.7. The van der Waals surface area contributed by atoms with Crippen molar-refractivity contribution in [3.63, 3.8) is 0 Å². The molecule has 7 nitrogen and oxygen atoms in total. The molecule has 1 aliphatic heterocycles. The smallest absolute Gasteiger partial charge is 0.254 e. The monoisotopic (exact) mass is 398 g/mol. The highest BCUT2D eigenvalue weighted by Gasteiger charge is 2.20. The molecule has 1 aromatic heterocycles. The molecule has 0 bridgehead atoms. The Labute approximate surface area is 156 Å². The van der Waals surface area contributed by atoms with E-state index in [-0.39, 0.29) is 16.9 Å². The van der Waals surface area contributed by atoms with Crippen molar-refractivity contribution in [1.82, 2.24) is 4.98 Å². The van der Waals surface area contributed by atoms with Gasteiger partial charge in [0.15, 0.2) is 15.0 Å². The molecule has 1 N–H and O–H groups in total. The molecule has 0 saturated carbocycles. The van der Waals surface area contributed by atoms with Crippen LogP contribution in [-0.4, -0.2) is 51.0 Å². The minimum Gasteiger partial charge on any atom is -0.376 e. The van der Waals surface area contributed by atoms with E-state index in [1.54, 1.807) is 19.1 Å². The molecule has 2 unspecified atom stereocenters. The second kappa shape index (κ2) is 7.99. The molecule has 1 aliphatic rings. The highest BCUT2D eigenvalue weighted by molar-refractivity contribution is 7.90. The molecule has 1 fully saturated rings. The molecular formula is C17H22N2O5S2. The summed E-state index contributed by atoms with van der Waals surface area (Å²) in [5.41, 5.74) is 0.641. The Morgan fingerprint density at radius 1 is 1.46 bits per heavy atom. The summed E-state index contributed by atoms with van der Waals surface area (Å²) in [4.78, 5) is 16.8. The van der Waals surface area contributed by atoms with Crippen LogP contribution in [0.3, 0.4) is 0 Å². The average Bonchev–Trinajstić information content (AvgIpc) is 3.01. The highest BCUT2D eigenvalue weighted by atomic mass is 32.2. The van der Waals surface area contributed by atoms with Crippen LogP contribution in [0.25, 0.3) is 10.2 Å². The minimum absolute atomic E-state index is 0.0517. The number of anilines is 1. The van der Waals surface area contributed by atoms with Crippen molar-refractivity contribution in [2.45, 2.75) is 43.3 Å². The van der Waals surface area contributed by atoms with Gasteiger partial charge < -0.3 is 9.47 Å². The van der Waals surface area contributed by atoms with Crippen LogP contribution in [-0.2, 0) is 24.1 Å². The third-order valence-corrected chi connectivity index (χ3v) is 6.24. The molecule has 26 heavy (non-hydrogen) atoms. The number of hydrogen-bond acceptors (Lipinski definition) is 7. The normalized spacial score (nSPS) is 19.4. The van der Waals surface area contributed by atoms with Crippen LogP contribution in [0.2, 0.25) is 0 Å². The van der Waals surface area contributed by atoms with Crippen molar-refractivity contribution >= 4 is 42.4 Å². The van der Waals surface area contributed by atoms with E-state index in [0.29, 0.717) is 22.0 Å². The van der Waals surface area contributed by atoms with E-state index >= 15 is 0 Å². The quantitative estimate of drug-likeness (QED) is 0.804. The number of carbonyl (C=O) groups excluding carboxylic acids is 1. The highest BCUT2D eigenvalue weighted by Crippen LogP contribution is 2.28. The van der Waals surface area contributed by atoms with Crippen LogP contribution in [0.15, 0.2) is 23.1 Å². The number of rotatable bonds is 6. The van der Waals surface area contributed by atoms with E-state index in [1.807, 2.05) is 0 Å². The van der Waals surface area contributed by atoms with E-state index in [2.05, 4.69) is 10.3 Å². The maximum atomic E-state index is 12.3. The minimum atomic E-state index is -3.28. The van der Waals surface area contributed by atoms with Crippen LogP contribution in [0.1, 0.15) is 26.2 Å². The molecule has 0 aliphatic carbocycles. The summed E-state index contributed by atoms with van der Waals surface area (Å²) in [5.74, 6) is -0.289. The summed E-state index contributed by atoms with van der Waals surface area (Å²) >= 11 is 1.23. The summed E-state index contributed by atoms with van der Waals surface area (Å²) in [5, 5.41) is 3.15. The van der Waals surface area contributed by atoms with Crippen molar-refractivity contribution in [3.8, 4) is 0 Å². The predicted octanol–water partition coefficient (Wildman–Crippen LogP) is 2.61. The second-order valence-corrected chi connectivity index (χ2v) is 9.42. The Balaban J connectivity index is 1.61. The van der Waals surface area contributed by atoms with Gasteiger partial charge in [0.05, 0.1) is 27.8 Å². The molecule has 0 radical (unpaired) electrons. The maximum Gasteiger partial charge on any atom is 0.254 e. The van der Waals surface area contributed by atoms with Crippen molar-refractivity contribution < 1.29 is 22.7 Å². The first kappa shape index (κ1) is 19.2. The van der Waals surface area contributed by atoms with Crippen LogP contribution in [0.5, 0.6) is 0 Å². The number of hydrogen-bond donors (Lipinski definition) is 1. The van der Waals surface area contributed by atoms with Crippen molar-refractivity contribution in [2.24, 2.45) is 0 Å². The second-order valence-electron chi connectivity index (χ2n) is 6.37. The first-order valence-electron chi connectivity index (χ1n) is 8.47. The molecule has 2 heterocycles. The molecule has 2 aromatic rings. The molecule has 2 atom stereocenters. The fraction of sp³-hybridized carbons (Fsp3) is 0.529. The number of ether oxygens (including phenoxy) is 2. The first-order chi connectivity index (χ1) is 12.3. The number of sulfone groups is 1. The van der Waals surface area contributed by atoms with Crippen molar-refractivity contribution in [2.75, 3.05) is 24.8 Å². The third-order valence-electron chi connectivity index (χ3n) is 4.19. The van der Waals surface area contributed by atoms with Gasteiger partial charge in [0.1, 0.15) is 6.10 Å². The van der Waals surface area contributed by atoms with Crippen molar-refractivity contribution in [1.29, 1.82) is 0 Å². The fourth-order valence-electron chi connectivity index (χ4n) is 2.66. The summed E-state index contributed by atoms with van der Waals surface area (Å²) in [6.45, 7) is 2.83. The summed E-state index contributed by atoms with van der Waals surface area (Å²) < 4.78 is 35.2. The first-order valence-corrected chi connectivity index (χ1v) is 11.2. The largest absolute Gasteiger partial charge is 0.376 e. The molecule has 0 spiro atoms. The lowest BCUT2D eigenvalue weighted by Gasteiger charge is -2.23.